The van der Waals surface area contributed by atoms with E-state index in [0.717, 1.165) is 19.5 Å². The normalized spacial score (nSPS) is 18.1. The van der Waals surface area contributed by atoms with Gasteiger partial charge in [0, 0.05) is 32.8 Å². The highest BCUT2D eigenvalue weighted by Crippen LogP contribution is 2.32. The van der Waals surface area contributed by atoms with Crippen LogP contribution in [0.2, 0.25) is 0 Å². The molecule has 1 heterocycles. The van der Waals surface area contributed by atoms with Crippen LogP contribution in [0.15, 0.2) is 0 Å². The molecule has 0 atom stereocenters. The van der Waals surface area contributed by atoms with Crippen LogP contribution in [-0.4, -0.2) is 62.7 Å². The van der Waals surface area contributed by atoms with Crippen LogP contribution in [0.3, 0.4) is 0 Å². The second kappa shape index (κ2) is 7.46. The summed E-state index contributed by atoms with van der Waals surface area (Å²) in [6.07, 6.45) is 1.95. The maximum atomic E-state index is 12.7. The fourth-order valence-electron chi connectivity index (χ4n) is 2.30. The van der Waals surface area contributed by atoms with Crippen molar-refractivity contribution in [3.8, 4) is 6.07 Å². The monoisotopic (exact) mass is 267 g/mol. The van der Waals surface area contributed by atoms with Gasteiger partial charge in [-0.25, -0.2) is 0 Å². The van der Waals surface area contributed by atoms with Gasteiger partial charge in [-0.05, 0) is 33.4 Å². The van der Waals surface area contributed by atoms with Gasteiger partial charge in [0.25, 0.3) is 0 Å². The summed E-state index contributed by atoms with van der Waals surface area (Å²) >= 11 is 0. The fourth-order valence-corrected chi connectivity index (χ4v) is 2.30. The molecule has 5 heteroatoms. The Balaban J connectivity index is 2.75. The summed E-state index contributed by atoms with van der Waals surface area (Å²) in [5, 5.41) is 9.44. The number of hydrogen-bond donors (Lipinski definition) is 0. The zero-order valence-corrected chi connectivity index (χ0v) is 12.3. The van der Waals surface area contributed by atoms with Gasteiger partial charge < -0.3 is 14.5 Å². The van der Waals surface area contributed by atoms with Gasteiger partial charge in [-0.2, -0.15) is 5.26 Å². The van der Waals surface area contributed by atoms with E-state index in [1.807, 2.05) is 19.0 Å². The minimum atomic E-state index is -0.861. The van der Waals surface area contributed by atoms with E-state index in [2.05, 4.69) is 17.9 Å². The van der Waals surface area contributed by atoms with Gasteiger partial charge in [-0.3, -0.25) is 4.79 Å². The third-order valence-electron chi connectivity index (χ3n) is 3.57. The summed E-state index contributed by atoms with van der Waals surface area (Å²) in [5.41, 5.74) is -0.861. The van der Waals surface area contributed by atoms with Gasteiger partial charge in [0.05, 0.1) is 6.07 Å². The number of hydrogen-bond acceptors (Lipinski definition) is 4. The number of nitriles is 1. The molecule has 108 valence electrons. The van der Waals surface area contributed by atoms with Crippen molar-refractivity contribution in [2.24, 2.45) is 5.41 Å². The summed E-state index contributed by atoms with van der Waals surface area (Å²) in [6, 6.07) is 2.26. The molecular weight excluding hydrogens is 242 g/mol. The zero-order valence-electron chi connectivity index (χ0n) is 12.3. The molecule has 5 nitrogen and oxygen atoms in total. The summed E-state index contributed by atoms with van der Waals surface area (Å²) < 4.78 is 5.28. The SMILES string of the molecule is CCCN(CCN(C)C)C(=O)C1(C#N)CCOCC1. The molecule has 0 unspecified atom stereocenters. The third-order valence-corrected chi connectivity index (χ3v) is 3.57. The second-order valence-corrected chi connectivity index (χ2v) is 5.40. The van der Waals surface area contributed by atoms with Crippen LogP contribution in [-0.2, 0) is 9.53 Å². The van der Waals surface area contributed by atoms with Crippen molar-refractivity contribution < 1.29 is 9.53 Å². The molecule has 0 bridgehead atoms. The molecule has 19 heavy (non-hydrogen) atoms. The lowest BCUT2D eigenvalue weighted by atomic mass is 9.80. The van der Waals surface area contributed by atoms with E-state index in [1.165, 1.54) is 0 Å². The molecule has 1 fully saturated rings. The molecule has 0 aromatic carbocycles. The number of carbonyl (C=O) groups excluding carboxylic acids is 1. The van der Waals surface area contributed by atoms with Crippen molar-refractivity contribution in [2.45, 2.75) is 26.2 Å². The van der Waals surface area contributed by atoms with Crippen LogP contribution in [0.4, 0.5) is 0 Å². The minimum absolute atomic E-state index is 0.0120. The molecule has 1 aliphatic heterocycles. The number of rotatable bonds is 6. The van der Waals surface area contributed by atoms with Gasteiger partial charge in [-0.1, -0.05) is 6.92 Å². The zero-order chi connectivity index (χ0) is 14.3. The lowest BCUT2D eigenvalue weighted by molar-refractivity contribution is -0.143. The van der Waals surface area contributed by atoms with E-state index in [4.69, 9.17) is 4.74 Å². The van der Waals surface area contributed by atoms with E-state index in [1.54, 1.807) is 0 Å². The van der Waals surface area contributed by atoms with Crippen molar-refractivity contribution in [1.82, 2.24) is 9.80 Å². The Labute approximate surface area is 116 Å². The molecule has 1 amide bonds. The summed E-state index contributed by atoms with van der Waals surface area (Å²) in [5.74, 6) is -0.0120. The first-order valence-corrected chi connectivity index (χ1v) is 6.99. The summed E-state index contributed by atoms with van der Waals surface area (Å²) in [4.78, 5) is 16.6. The smallest absolute Gasteiger partial charge is 0.243 e. The van der Waals surface area contributed by atoms with Gasteiger partial charge >= 0.3 is 0 Å². The van der Waals surface area contributed by atoms with E-state index < -0.39 is 5.41 Å². The highest BCUT2D eigenvalue weighted by Gasteiger charge is 2.42. The lowest BCUT2D eigenvalue weighted by Crippen LogP contribution is -2.48. The van der Waals surface area contributed by atoms with Crippen LogP contribution in [0.25, 0.3) is 0 Å². The standard InChI is InChI=1S/C14H25N3O2/c1-4-7-17(9-8-16(2)3)13(18)14(12-15)5-10-19-11-6-14/h4-11H2,1-3H3. The van der Waals surface area contributed by atoms with Crippen LogP contribution in [0.5, 0.6) is 0 Å². The minimum Gasteiger partial charge on any atom is -0.381 e. The predicted molar refractivity (Wildman–Crippen MR) is 73.5 cm³/mol. The van der Waals surface area contributed by atoms with E-state index >= 15 is 0 Å². The number of nitrogens with zero attached hydrogens (tertiary/aromatic N) is 3. The predicted octanol–water partition coefficient (Wildman–Crippen LogP) is 1.11. The van der Waals surface area contributed by atoms with E-state index in [-0.39, 0.29) is 5.91 Å². The molecule has 0 aromatic rings. The number of ether oxygens (including phenoxy) is 1. The van der Waals surface area contributed by atoms with Crippen molar-refractivity contribution in [3.05, 3.63) is 0 Å². The van der Waals surface area contributed by atoms with Crippen molar-refractivity contribution >= 4 is 5.91 Å². The molecule has 0 aromatic heterocycles. The van der Waals surface area contributed by atoms with Crippen molar-refractivity contribution in [2.75, 3.05) is 46.9 Å². The van der Waals surface area contributed by atoms with Crippen LogP contribution >= 0.6 is 0 Å². The number of likely N-dealkylation sites (N-methyl/N-ethyl adjacent to an activating group) is 1. The van der Waals surface area contributed by atoms with E-state index in [0.29, 0.717) is 32.6 Å². The largest absolute Gasteiger partial charge is 0.381 e. The van der Waals surface area contributed by atoms with E-state index in [9.17, 15) is 10.1 Å². The average Bonchev–Trinajstić information content (AvgIpc) is 2.43. The quantitative estimate of drug-likeness (QED) is 0.723. The van der Waals surface area contributed by atoms with Crippen LogP contribution in [0.1, 0.15) is 26.2 Å². The first kappa shape index (κ1) is 15.9. The molecule has 1 saturated heterocycles. The van der Waals surface area contributed by atoms with Crippen LogP contribution < -0.4 is 0 Å². The molecule has 1 aliphatic rings. The molecule has 0 spiro atoms. The number of carbonyl (C=O) groups is 1. The highest BCUT2D eigenvalue weighted by molar-refractivity contribution is 5.85. The average molecular weight is 267 g/mol. The first-order valence-electron chi connectivity index (χ1n) is 6.99. The Bertz CT molecular complexity index is 330. The Hall–Kier alpha value is -1.12. The molecule has 0 saturated carbocycles. The second-order valence-electron chi connectivity index (χ2n) is 5.40. The van der Waals surface area contributed by atoms with Crippen molar-refractivity contribution in [1.29, 1.82) is 5.26 Å². The topological polar surface area (TPSA) is 56.6 Å². The Morgan fingerprint density at radius 2 is 1.89 bits per heavy atom. The third kappa shape index (κ3) is 4.19. The van der Waals surface area contributed by atoms with Crippen LogP contribution in [0, 0.1) is 16.7 Å². The summed E-state index contributed by atoms with van der Waals surface area (Å²) in [6.45, 7) is 5.30. The number of amides is 1. The van der Waals surface area contributed by atoms with Crippen molar-refractivity contribution in [3.63, 3.8) is 0 Å². The fraction of sp³-hybridized carbons (Fsp3) is 0.857. The van der Waals surface area contributed by atoms with Gasteiger partial charge in [0.15, 0.2) is 0 Å². The molecule has 0 radical (unpaired) electrons. The van der Waals surface area contributed by atoms with Gasteiger partial charge in [0.2, 0.25) is 5.91 Å². The molecule has 0 N–H and O–H groups in total. The highest BCUT2D eigenvalue weighted by atomic mass is 16.5. The Morgan fingerprint density at radius 3 is 2.37 bits per heavy atom. The lowest BCUT2D eigenvalue weighted by Gasteiger charge is -2.35. The Kier molecular flexibility index (Phi) is 6.26. The van der Waals surface area contributed by atoms with Gasteiger partial charge in [0.1, 0.15) is 5.41 Å². The Morgan fingerprint density at radius 1 is 1.26 bits per heavy atom. The van der Waals surface area contributed by atoms with Gasteiger partial charge in [-0.15, -0.1) is 0 Å². The molecular formula is C14H25N3O2. The molecule has 1 rings (SSSR count). The summed E-state index contributed by atoms with van der Waals surface area (Å²) in [7, 11) is 3.98. The maximum Gasteiger partial charge on any atom is 0.243 e. The first-order chi connectivity index (χ1) is 9.05. The molecule has 0 aliphatic carbocycles. The maximum absolute atomic E-state index is 12.7.